The maximum Gasteiger partial charge on any atom is 0.340 e. The summed E-state index contributed by atoms with van der Waals surface area (Å²) in [5, 5.41) is 4.42. The second-order valence-corrected chi connectivity index (χ2v) is 6.84. The number of ether oxygens (including phenoxy) is 1. The molecule has 1 aromatic carbocycles. The number of esters is 1. The highest BCUT2D eigenvalue weighted by atomic mass is 35.5. The molecule has 0 unspecified atom stereocenters. The Bertz CT molecular complexity index is 881. The van der Waals surface area contributed by atoms with E-state index < -0.39 is 11.5 Å². The zero-order valence-electron chi connectivity index (χ0n) is 15.1. The number of nitrogens with zero attached hydrogens (tertiary/aromatic N) is 3. The van der Waals surface area contributed by atoms with E-state index in [1.54, 1.807) is 30.5 Å². The van der Waals surface area contributed by atoms with Crippen LogP contribution in [0.3, 0.4) is 0 Å². The lowest BCUT2D eigenvalue weighted by Gasteiger charge is -2.30. The Hall–Kier alpha value is -2.34. The molecule has 0 bridgehead atoms. The minimum absolute atomic E-state index is 0.117. The van der Waals surface area contributed by atoms with E-state index in [0.717, 1.165) is 23.9 Å². The predicted octanol–water partition coefficient (Wildman–Crippen LogP) is 3.44. The van der Waals surface area contributed by atoms with Gasteiger partial charge in [-0.2, -0.15) is 9.78 Å². The first-order chi connectivity index (χ1) is 12.5. The highest BCUT2D eigenvalue weighted by molar-refractivity contribution is 6.33. The van der Waals surface area contributed by atoms with E-state index in [4.69, 9.17) is 16.3 Å². The lowest BCUT2D eigenvalue weighted by molar-refractivity contribution is 0.0600. The summed E-state index contributed by atoms with van der Waals surface area (Å²) in [5.41, 5.74) is 0.809. The second kappa shape index (κ2) is 7.50. The molecule has 1 aromatic heterocycles. The number of carbonyl (C=O) groups excluding carboxylic acids is 1. The average Bonchev–Trinajstić information content (AvgIpc) is 3.04. The molecule has 3 rings (SSSR count). The van der Waals surface area contributed by atoms with Crippen molar-refractivity contribution in [3.63, 3.8) is 0 Å². The van der Waals surface area contributed by atoms with Crippen LogP contribution in [-0.2, 0) is 4.74 Å². The fourth-order valence-corrected chi connectivity index (χ4v) is 3.85. The van der Waals surface area contributed by atoms with Crippen LogP contribution < -0.4 is 10.5 Å². The number of hydrogen-bond acceptors (Lipinski definition) is 5. The maximum atomic E-state index is 12.9. The van der Waals surface area contributed by atoms with Gasteiger partial charge >= 0.3 is 5.97 Å². The zero-order chi connectivity index (χ0) is 18.8. The first-order valence-electron chi connectivity index (χ1n) is 8.73. The third-order valence-corrected chi connectivity index (χ3v) is 5.33. The van der Waals surface area contributed by atoms with Gasteiger partial charge in [-0.05, 0) is 38.3 Å². The SMILES string of the molecule is CC[C@@H]1CC[C@@H](C)N1c1cnn(-c2ccccc2C(=O)OC)c(=O)c1Cl. The molecule has 1 fully saturated rings. The molecule has 2 atom stereocenters. The van der Waals surface area contributed by atoms with Crippen LogP contribution in [0.15, 0.2) is 35.3 Å². The fraction of sp³-hybridized carbons (Fsp3) is 0.421. The molecule has 1 saturated heterocycles. The first-order valence-corrected chi connectivity index (χ1v) is 9.11. The number of hydrogen-bond donors (Lipinski definition) is 0. The van der Waals surface area contributed by atoms with Crippen LogP contribution >= 0.6 is 11.6 Å². The quantitative estimate of drug-likeness (QED) is 0.766. The van der Waals surface area contributed by atoms with Crippen molar-refractivity contribution in [2.45, 2.75) is 45.2 Å². The van der Waals surface area contributed by atoms with Gasteiger partial charge in [-0.1, -0.05) is 30.7 Å². The van der Waals surface area contributed by atoms with Crippen molar-refractivity contribution in [2.75, 3.05) is 12.0 Å². The van der Waals surface area contributed by atoms with Crippen molar-refractivity contribution in [1.82, 2.24) is 9.78 Å². The van der Waals surface area contributed by atoms with E-state index in [0.29, 0.717) is 23.5 Å². The zero-order valence-corrected chi connectivity index (χ0v) is 15.9. The molecule has 2 heterocycles. The minimum Gasteiger partial charge on any atom is -0.465 e. The molecule has 0 aliphatic carbocycles. The van der Waals surface area contributed by atoms with Crippen LogP contribution in [-0.4, -0.2) is 34.9 Å². The second-order valence-electron chi connectivity index (χ2n) is 6.47. The minimum atomic E-state index is -0.534. The van der Waals surface area contributed by atoms with Gasteiger partial charge in [0.05, 0.1) is 30.2 Å². The lowest BCUT2D eigenvalue weighted by Crippen LogP contribution is -2.36. The normalized spacial score (nSPS) is 19.6. The Morgan fingerprint density at radius 1 is 1.31 bits per heavy atom. The van der Waals surface area contributed by atoms with Crippen LogP contribution in [0.1, 0.15) is 43.5 Å². The Kier molecular flexibility index (Phi) is 5.32. The molecule has 0 saturated carbocycles. The van der Waals surface area contributed by atoms with Crippen molar-refractivity contribution in [3.05, 3.63) is 51.4 Å². The molecule has 6 nitrogen and oxygen atoms in total. The van der Waals surface area contributed by atoms with E-state index in [9.17, 15) is 9.59 Å². The summed E-state index contributed by atoms with van der Waals surface area (Å²) in [6, 6.07) is 7.32. The van der Waals surface area contributed by atoms with E-state index in [2.05, 4.69) is 23.8 Å². The Balaban J connectivity index is 2.10. The maximum absolute atomic E-state index is 12.9. The topological polar surface area (TPSA) is 64.4 Å². The number of halogens is 1. The molecule has 1 aliphatic rings. The summed E-state index contributed by atoms with van der Waals surface area (Å²) in [4.78, 5) is 27.1. The lowest BCUT2D eigenvalue weighted by atomic mass is 10.1. The van der Waals surface area contributed by atoms with Crippen LogP contribution in [0.2, 0.25) is 5.02 Å². The smallest absolute Gasteiger partial charge is 0.340 e. The highest BCUT2D eigenvalue weighted by Crippen LogP contribution is 2.34. The molecular formula is C19H22ClN3O3. The van der Waals surface area contributed by atoms with Gasteiger partial charge in [0, 0.05) is 12.1 Å². The van der Waals surface area contributed by atoms with Crippen LogP contribution in [0.5, 0.6) is 0 Å². The molecule has 2 aromatic rings. The largest absolute Gasteiger partial charge is 0.465 e. The van der Waals surface area contributed by atoms with Gasteiger partial charge in [-0.25, -0.2) is 4.79 Å². The molecule has 0 spiro atoms. The van der Waals surface area contributed by atoms with Crippen LogP contribution in [0.4, 0.5) is 5.69 Å². The van der Waals surface area contributed by atoms with Crippen LogP contribution in [0.25, 0.3) is 5.69 Å². The fourth-order valence-electron chi connectivity index (χ4n) is 3.62. The van der Waals surface area contributed by atoms with Gasteiger partial charge in [0.1, 0.15) is 5.02 Å². The molecule has 0 radical (unpaired) electrons. The number of aromatic nitrogens is 2. The number of para-hydroxylation sites is 1. The summed E-state index contributed by atoms with van der Waals surface area (Å²) in [7, 11) is 1.30. The Morgan fingerprint density at radius 2 is 2.04 bits per heavy atom. The highest BCUT2D eigenvalue weighted by Gasteiger charge is 2.32. The van der Waals surface area contributed by atoms with Gasteiger partial charge in [0.15, 0.2) is 0 Å². The van der Waals surface area contributed by atoms with E-state index in [1.165, 1.54) is 7.11 Å². The van der Waals surface area contributed by atoms with Gasteiger partial charge in [-0.3, -0.25) is 4.79 Å². The molecule has 0 N–H and O–H groups in total. The number of anilines is 1. The van der Waals surface area contributed by atoms with Crippen molar-refractivity contribution in [3.8, 4) is 5.69 Å². The van der Waals surface area contributed by atoms with Gasteiger partial charge in [-0.15, -0.1) is 0 Å². The number of rotatable bonds is 4. The van der Waals surface area contributed by atoms with Crippen molar-refractivity contribution >= 4 is 23.3 Å². The Morgan fingerprint density at radius 3 is 2.73 bits per heavy atom. The summed E-state index contributed by atoms with van der Waals surface area (Å²) in [6.07, 6.45) is 4.72. The average molecular weight is 376 g/mol. The molecule has 1 aliphatic heterocycles. The number of benzene rings is 1. The van der Waals surface area contributed by atoms with Crippen molar-refractivity contribution in [1.29, 1.82) is 0 Å². The predicted molar refractivity (Wildman–Crippen MR) is 101 cm³/mol. The molecular weight excluding hydrogens is 354 g/mol. The third kappa shape index (κ3) is 3.09. The van der Waals surface area contributed by atoms with E-state index >= 15 is 0 Å². The van der Waals surface area contributed by atoms with Gasteiger partial charge in [0.2, 0.25) is 0 Å². The Labute approximate surface area is 157 Å². The molecule has 7 heteroatoms. The van der Waals surface area contributed by atoms with E-state index in [1.807, 2.05) is 0 Å². The van der Waals surface area contributed by atoms with Crippen molar-refractivity contribution < 1.29 is 9.53 Å². The van der Waals surface area contributed by atoms with Crippen molar-refractivity contribution in [2.24, 2.45) is 0 Å². The molecule has 138 valence electrons. The summed E-state index contributed by atoms with van der Waals surface area (Å²) in [5.74, 6) is -0.534. The van der Waals surface area contributed by atoms with Gasteiger partial charge in [0.25, 0.3) is 5.56 Å². The summed E-state index contributed by atoms with van der Waals surface area (Å²) in [6.45, 7) is 4.26. The van der Waals surface area contributed by atoms with Gasteiger partial charge < -0.3 is 9.64 Å². The standard InChI is InChI=1S/C19H22ClN3O3/c1-4-13-10-9-12(2)22(13)16-11-21-23(18(24)17(16)20)15-8-6-5-7-14(15)19(25)26-3/h5-8,11-13H,4,9-10H2,1-3H3/t12-,13-/m1/s1. The monoisotopic (exact) mass is 375 g/mol. The number of methoxy groups -OCH3 is 1. The summed E-state index contributed by atoms with van der Waals surface area (Å²) < 4.78 is 5.95. The third-order valence-electron chi connectivity index (χ3n) is 4.97. The molecule has 0 amide bonds. The number of carbonyl (C=O) groups is 1. The molecule has 26 heavy (non-hydrogen) atoms. The van der Waals surface area contributed by atoms with E-state index in [-0.39, 0.29) is 10.6 Å². The summed E-state index contributed by atoms with van der Waals surface area (Å²) >= 11 is 6.45. The van der Waals surface area contributed by atoms with Crippen LogP contribution in [0, 0.1) is 0 Å². The first kappa shape index (κ1) is 18.5.